The lowest BCUT2D eigenvalue weighted by Crippen LogP contribution is -2.53. The van der Waals surface area contributed by atoms with Crippen LogP contribution in [0.25, 0.3) is 0 Å². The van der Waals surface area contributed by atoms with E-state index in [2.05, 4.69) is 48.3 Å². The summed E-state index contributed by atoms with van der Waals surface area (Å²) in [6.07, 6.45) is 0. The van der Waals surface area contributed by atoms with Gasteiger partial charge in [-0.05, 0) is 27.1 Å². The fourth-order valence-electron chi connectivity index (χ4n) is 2.77. The molecule has 0 radical (unpaired) electrons. The summed E-state index contributed by atoms with van der Waals surface area (Å²) in [5.74, 6) is 0.960. The third-order valence-electron chi connectivity index (χ3n) is 4.25. The molecule has 0 spiro atoms. The highest BCUT2D eigenvalue weighted by Gasteiger charge is 2.22. The topological polar surface area (TPSA) is 27.7 Å². The molecule has 0 saturated carbocycles. The highest BCUT2D eigenvalue weighted by molar-refractivity contribution is 5.35. The maximum Gasteiger partial charge on any atom is 0.123 e. The van der Waals surface area contributed by atoms with Gasteiger partial charge in [0.1, 0.15) is 5.75 Å². The minimum atomic E-state index is 0.298. The summed E-state index contributed by atoms with van der Waals surface area (Å²) in [7, 11) is 6.15. The SMILES string of the molecule is COc1ccccc1C(C)NCC1CN(C)CCN1C. The van der Waals surface area contributed by atoms with Crippen LogP contribution < -0.4 is 10.1 Å². The number of likely N-dealkylation sites (N-methyl/N-ethyl adjacent to an activating group) is 2. The molecule has 4 nitrogen and oxygen atoms in total. The van der Waals surface area contributed by atoms with Crippen molar-refractivity contribution in [1.82, 2.24) is 15.1 Å². The molecule has 2 atom stereocenters. The molecule has 0 amide bonds. The predicted molar refractivity (Wildman–Crippen MR) is 83.3 cm³/mol. The molecule has 1 fully saturated rings. The molecule has 1 aliphatic heterocycles. The number of piperazine rings is 1. The number of benzene rings is 1. The fraction of sp³-hybridized carbons (Fsp3) is 0.625. The number of para-hydroxylation sites is 1. The van der Waals surface area contributed by atoms with Gasteiger partial charge in [-0.2, -0.15) is 0 Å². The second-order valence-electron chi connectivity index (χ2n) is 5.77. The Labute approximate surface area is 122 Å². The standard InChI is InChI=1S/C16H27N3O/c1-13(15-7-5-6-8-16(15)20-4)17-11-14-12-18(2)9-10-19(14)3/h5-8,13-14,17H,9-12H2,1-4H3. The van der Waals surface area contributed by atoms with Crippen LogP contribution in [-0.2, 0) is 0 Å². The predicted octanol–water partition coefficient (Wildman–Crippen LogP) is 1.59. The number of ether oxygens (including phenoxy) is 1. The molecule has 0 aromatic heterocycles. The number of nitrogens with zero attached hydrogens (tertiary/aromatic N) is 2. The summed E-state index contributed by atoms with van der Waals surface area (Å²) in [6, 6.07) is 9.11. The molecular formula is C16H27N3O. The van der Waals surface area contributed by atoms with E-state index in [1.807, 2.05) is 12.1 Å². The molecule has 1 saturated heterocycles. The molecule has 0 bridgehead atoms. The van der Waals surface area contributed by atoms with E-state index in [0.29, 0.717) is 12.1 Å². The zero-order valence-corrected chi connectivity index (χ0v) is 13.1. The lowest BCUT2D eigenvalue weighted by Gasteiger charge is -2.38. The van der Waals surface area contributed by atoms with Gasteiger partial charge in [0.15, 0.2) is 0 Å². The lowest BCUT2D eigenvalue weighted by molar-refractivity contribution is 0.111. The summed E-state index contributed by atoms with van der Waals surface area (Å²) >= 11 is 0. The number of hydrogen-bond acceptors (Lipinski definition) is 4. The first-order valence-corrected chi connectivity index (χ1v) is 7.37. The van der Waals surface area contributed by atoms with E-state index in [1.165, 1.54) is 5.56 Å². The zero-order chi connectivity index (χ0) is 14.5. The van der Waals surface area contributed by atoms with Crippen LogP contribution >= 0.6 is 0 Å². The monoisotopic (exact) mass is 277 g/mol. The molecule has 4 heteroatoms. The number of hydrogen-bond donors (Lipinski definition) is 1. The van der Waals surface area contributed by atoms with Crippen molar-refractivity contribution in [2.45, 2.75) is 19.0 Å². The Morgan fingerprint density at radius 1 is 1.30 bits per heavy atom. The molecular weight excluding hydrogens is 250 g/mol. The van der Waals surface area contributed by atoms with Crippen molar-refractivity contribution >= 4 is 0 Å². The number of nitrogens with one attached hydrogen (secondary N) is 1. The summed E-state index contributed by atoms with van der Waals surface area (Å²) in [6.45, 7) is 6.63. The molecule has 20 heavy (non-hydrogen) atoms. The molecule has 1 N–H and O–H groups in total. The van der Waals surface area contributed by atoms with Crippen LogP contribution in [0.3, 0.4) is 0 Å². The second kappa shape index (κ2) is 7.07. The molecule has 1 aliphatic rings. The van der Waals surface area contributed by atoms with E-state index in [-0.39, 0.29) is 0 Å². The Morgan fingerprint density at radius 3 is 2.80 bits per heavy atom. The average molecular weight is 277 g/mol. The van der Waals surface area contributed by atoms with Crippen LogP contribution in [0.5, 0.6) is 5.75 Å². The number of methoxy groups -OCH3 is 1. The largest absolute Gasteiger partial charge is 0.496 e. The van der Waals surface area contributed by atoms with Gasteiger partial charge in [-0.3, -0.25) is 4.90 Å². The van der Waals surface area contributed by atoms with Crippen molar-refractivity contribution in [2.75, 3.05) is 47.4 Å². The Hall–Kier alpha value is -1.10. The third kappa shape index (κ3) is 3.72. The smallest absolute Gasteiger partial charge is 0.123 e. The molecule has 2 rings (SSSR count). The highest BCUT2D eigenvalue weighted by atomic mass is 16.5. The van der Waals surface area contributed by atoms with Crippen molar-refractivity contribution in [3.8, 4) is 5.75 Å². The van der Waals surface area contributed by atoms with Crippen molar-refractivity contribution in [1.29, 1.82) is 0 Å². The van der Waals surface area contributed by atoms with Crippen LogP contribution in [0, 0.1) is 0 Å². The van der Waals surface area contributed by atoms with Gasteiger partial charge in [-0.25, -0.2) is 0 Å². The molecule has 1 aromatic rings. The zero-order valence-electron chi connectivity index (χ0n) is 13.1. The van der Waals surface area contributed by atoms with Crippen molar-refractivity contribution in [3.05, 3.63) is 29.8 Å². The van der Waals surface area contributed by atoms with E-state index in [0.717, 1.165) is 31.9 Å². The van der Waals surface area contributed by atoms with Crippen molar-refractivity contribution in [3.63, 3.8) is 0 Å². The van der Waals surface area contributed by atoms with Crippen LogP contribution in [-0.4, -0.2) is 63.2 Å². The first-order chi connectivity index (χ1) is 9.61. The van der Waals surface area contributed by atoms with Crippen LogP contribution in [0.15, 0.2) is 24.3 Å². The average Bonchev–Trinajstić information content (AvgIpc) is 2.47. The van der Waals surface area contributed by atoms with Crippen LogP contribution in [0.1, 0.15) is 18.5 Å². The maximum absolute atomic E-state index is 5.44. The summed E-state index contributed by atoms with van der Waals surface area (Å²) in [4.78, 5) is 4.85. The van der Waals surface area contributed by atoms with E-state index >= 15 is 0 Å². The molecule has 1 heterocycles. The summed E-state index contributed by atoms with van der Waals surface area (Å²) in [5, 5.41) is 3.65. The Bertz CT molecular complexity index is 424. The van der Waals surface area contributed by atoms with Gasteiger partial charge in [0.25, 0.3) is 0 Å². The minimum Gasteiger partial charge on any atom is -0.496 e. The Balaban J connectivity index is 1.92. The minimum absolute atomic E-state index is 0.298. The second-order valence-corrected chi connectivity index (χ2v) is 5.77. The normalized spacial score (nSPS) is 22.7. The Morgan fingerprint density at radius 2 is 2.05 bits per heavy atom. The van der Waals surface area contributed by atoms with E-state index < -0.39 is 0 Å². The quantitative estimate of drug-likeness (QED) is 0.884. The van der Waals surface area contributed by atoms with Crippen molar-refractivity contribution < 1.29 is 4.74 Å². The van der Waals surface area contributed by atoms with E-state index in [1.54, 1.807) is 7.11 Å². The molecule has 2 unspecified atom stereocenters. The van der Waals surface area contributed by atoms with Gasteiger partial charge in [0.05, 0.1) is 7.11 Å². The van der Waals surface area contributed by atoms with Gasteiger partial charge in [-0.15, -0.1) is 0 Å². The maximum atomic E-state index is 5.44. The summed E-state index contributed by atoms with van der Waals surface area (Å²) in [5.41, 5.74) is 1.22. The lowest BCUT2D eigenvalue weighted by atomic mass is 10.1. The molecule has 0 aliphatic carbocycles. The van der Waals surface area contributed by atoms with Crippen molar-refractivity contribution in [2.24, 2.45) is 0 Å². The van der Waals surface area contributed by atoms with Gasteiger partial charge in [0, 0.05) is 43.8 Å². The van der Waals surface area contributed by atoms with E-state index in [9.17, 15) is 0 Å². The number of rotatable bonds is 5. The molecule has 112 valence electrons. The first-order valence-electron chi connectivity index (χ1n) is 7.37. The third-order valence-corrected chi connectivity index (χ3v) is 4.25. The summed E-state index contributed by atoms with van der Waals surface area (Å²) < 4.78 is 5.44. The Kier molecular flexibility index (Phi) is 5.40. The van der Waals surface area contributed by atoms with Gasteiger partial charge < -0.3 is 15.0 Å². The van der Waals surface area contributed by atoms with Gasteiger partial charge in [0.2, 0.25) is 0 Å². The fourth-order valence-corrected chi connectivity index (χ4v) is 2.77. The van der Waals surface area contributed by atoms with E-state index in [4.69, 9.17) is 4.74 Å². The highest BCUT2D eigenvalue weighted by Crippen LogP contribution is 2.24. The van der Waals surface area contributed by atoms with Gasteiger partial charge >= 0.3 is 0 Å². The van der Waals surface area contributed by atoms with Crippen LogP contribution in [0.2, 0.25) is 0 Å². The first kappa shape index (κ1) is 15.3. The van der Waals surface area contributed by atoms with Gasteiger partial charge in [-0.1, -0.05) is 18.2 Å². The van der Waals surface area contributed by atoms with Crippen LogP contribution in [0.4, 0.5) is 0 Å². The molecule has 1 aromatic carbocycles.